The third kappa shape index (κ3) is 22.5. The normalized spacial score (nSPS) is 25.5. The highest BCUT2D eigenvalue weighted by atomic mass is 35.5. The van der Waals surface area contributed by atoms with Gasteiger partial charge in [-0.3, -0.25) is 9.59 Å². The molecule has 3 saturated heterocycles. The molecule has 0 bridgehead atoms. The first-order valence-electron chi connectivity index (χ1n) is 31.8. The minimum absolute atomic E-state index is 0. The first kappa shape index (κ1) is 80.7. The predicted molar refractivity (Wildman–Crippen MR) is 362 cm³/mol. The van der Waals surface area contributed by atoms with E-state index in [-0.39, 0.29) is 24.1 Å². The van der Waals surface area contributed by atoms with E-state index in [1.807, 2.05) is 138 Å². The number of hydrogen-bond acceptors (Lipinski definition) is 20. The van der Waals surface area contributed by atoms with Crippen LogP contribution in [0, 0.1) is 5.92 Å². The second-order valence-electron chi connectivity index (χ2n) is 23.4. The van der Waals surface area contributed by atoms with Crippen molar-refractivity contribution in [3.63, 3.8) is 0 Å². The maximum atomic E-state index is 12.0. The highest BCUT2D eigenvalue weighted by molar-refractivity contribution is 6.32. The van der Waals surface area contributed by atoms with Crippen LogP contribution in [0.25, 0.3) is 0 Å². The molecule has 96 heavy (non-hydrogen) atoms. The lowest BCUT2D eigenvalue weighted by molar-refractivity contribution is -0.231. The maximum absolute atomic E-state index is 12.0. The van der Waals surface area contributed by atoms with E-state index in [1.165, 1.54) is 20.8 Å². The average Bonchev–Trinajstić information content (AvgIpc) is 0.790. The van der Waals surface area contributed by atoms with Gasteiger partial charge in [0, 0.05) is 34.8 Å². The predicted octanol–water partition coefficient (Wildman–Crippen LogP) is 7.90. The zero-order valence-corrected chi connectivity index (χ0v) is 57.4. The molecule has 528 valence electrons. The summed E-state index contributed by atoms with van der Waals surface area (Å²) in [6.07, 6.45) is -12.1. The molecule has 24 heteroatoms. The Kier molecular flexibility index (Phi) is 33.2. The van der Waals surface area contributed by atoms with Crippen molar-refractivity contribution in [3.05, 3.63) is 193 Å². The fraction of sp³-hybridized carbons (Fsp3) is 0.472. The molecular weight excluding hydrogens is 1310 g/mol. The zero-order valence-electron chi connectivity index (χ0n) is 55.1. The van der Waals surface area contributed by atoms with Crippen molar-refractivity contribution in [2.24, 2.45) is 5.92 Å². The van der Waals surface area contributed by atoms with Crippen LogP contribution in [0.1, 0.15) is 130 Å². The number of hydrogen-bond donors (Lipinski definition) is 10. The van der Waals surface area contributed by atoms with Gasteiger partial charge in [0.15, 0.2) is 6.10 Å². The molecule has 3 fully saturated rings. The van der Waals surface area contributed by atoms with Crippen molar-refractivity contribution in [1.82, 2.24) is 0 Å². The first-order valence-corrected chi connectivity index (χ1v) is 32.9. The number of esters is 2. The Morgan fingerprint density at radius 2 is 0.760 bits per heavy atom. The van der Waals surface area contributed by atoms with E-state index < -0.39 is 111 Å². The van der Waals surface area contributed by atoms with Crippen molar-refractivity contribution in [2.45, 2.75) is 173 Å². The number of halogens is 3. The molecule has 16 atom stereocenters. The van der Waals surface area contributed by atoms with E-state index in [1.54, 1.807) is 24.3 Å². The summed E-state index contributed by atoms with van der Waals surface area (Å²) in [4.78, 5) is 23.8. The fourth-order valence-corrected chi connectivity index (χ4v) is 11.8. The van der Waals surface area contributed by atoms with Gasteiger partial charge in [-0.1, -0.05) is 121 Å². The molecule has 9 rings (SSSR count). The molecule has 6 aromatic rings. The summed E-state index contributed by atoms with van der Waals surface area (Å²) < 4.78 is 45.4. The van der Waals surface area contributed by atoms with Crippen LogP contribution < -0.4 is 14.2 Å². The van der Waals surface area contributed by atoms with Gasteiger partial charge in [-0.2, -0.15) is 0 Å². The van der Waals surface area contributed by atoms with Crippen molar-refractivity contribution < 1.29 is 104 Å². The second-order valence-corrected chi connectivity index (χ2v) is 24.6. The van der Waals surface area contributed by atoms with Gasteiger partial charge in [0.2, 0.25) is 0 Å². The summed E-state index contributed by atoms with van der Waals surface area (Å²) in [5.41, 5.74) is 7.79. The van der Waals surface area contributed by atoms with Gasteiger partial charge in [-0.05, 0) is 158 Å². The number of benzene rings is 6. The van der Waals surface area contributed by atoms with Gasteiger partial charge in [0.25, 0.3) is 0 Å². The number of carbonyl (C=O) groups is 2. The van der Waals surface area contributed by atoms with Crippen LogP contribution >= 0.6 is 34.8 Å². The van der Waals surface area contributed by atoms with Gasteiger partial charge < -0.3 is 94.4 Å². The zero-order chi connectivity index (χ0) is 69.6. The van der Waals surface area contributed by atoms with Gasteiger partial charge in [-0.25, -0.2) is 0 Å². The summed E-state index contributed by atoms with van der Waals surface area (Å²) in [7, 11) is 0. The minimum atomic E-state index is -1.42. The van der Waals surface area contributed by atoms with Crippen LogP contribution in [0.5, 0.6) is 17.2 Å². The molecule has 3 aliphatic rings. The van der Waals surface area contributed by atoms with E-state index >= 15 is 0 Å². The molecule has 3 heterocycles. The van der Waals surface area contributed by atoms with E-state index in [0.717, 1.165) is 62.6 Å². The second kappa shape index (κ2) is 39.5. The highest BCUT2D eigenvalue weighted by Crippen LogP contribution is 2.42. The molecule has 6 aromatic carbocycles. The molecular formula is C72H93Cl3O21. The molecule has 3 unspecified atom stereocenters. The van der Waals surface area contributed by atoms with Gasteiger partial charge in [-0.15, -0.1) is 0 Å². The Hall–Kier alpha value is -6.03. The van der Waals surface area contributed by atoms with Crippen LogP contribution in [0.4, 0.5) is 0 Å². The van der Waals surface area contributed by atoms with Gasteiger partial charge in [0.05, 0.1) is 51.8 Å². The van der Waals surface area contributed by atoms with Crippen LogP contribution in [-0.2, 0) is 52.5 Å². The van der Waals surface area contributed by atoms with E-state index in [2.05, 4.69) is 0 Å². The van der Waals surface area contributed by atoms with Gasteiger partial charge in [0.1, 0.15) is 90.5 Å². The quantitative estimate of drug-likeness (QED) is 0.0306. The summed E-state index contributed by atoms with van der Waals surface area (Å²) >= 11 is 19.2. The Balaban J connectivity index is 0.000000251. The number of aliphatic hydroxyl groups excluding tert-OH is 10. The highest BCUT2D eigenvalue weighted by Gasteiger charge is 2.49. The Morgan fingerprint density at radius 1 is 0.458 bits per heavy atom. The lowest BCUT2D eigenvalue weighted by atomic mass is 9.84. The molecule has 12 N–H and O–H groups in total. The van der Waals surface area contributed by atoms with Crippen molar-refractivity contribution in [3.8, 4) is 17.2 Å². The van der Waals surface area contributed by atoms with E-state index in [0.29, 0.717) is 65.3 Å². The Labute approximate surface area is 575 Å². The minimum Gasteiger partial charge on any atom is -0.494 e. The number of aliphatic hydroxyl groups is 10. The SMILES string of the molecule is CCOc1ccc(Cc2cc(C3O[C@H](CC)[C@@H](C)[C@H](OC(C)=O)[C@H]3OC(C)=O)ccc2Cl)cc1.CCOc1ccc(Cc2cc(C3O[C@H](CO)[C@@H](O)[C@H](O)[C@H]3O)ccc2Cl)cc1.CCOc1ccc(Cc2cc(C3O[C@H](CO)[C@@H](O)[C@H](O)[C@H]3O)ccc2Cl)cc1.C[C@H](O)CO.O. The number of carbonyl (C=O) groups excluding carboxylic acids is 2. The van der Waals surface area contributed by atoms with Crippen molar-refractivity contribution in [1.29, 1.82) is 0 Å². The fourth-order valence-electron chi connectivity index (χ4n) is 11.2. The van der Waals surface area contributed by atoms with Crippen LogP contribution in [0.2, 0.25) is 15.1 Å². The lowest BCUT2D eigenvalue weighted by Crippen LogP contribution is -2.55. The number of rotatable bonds is 21. The van der Waals surface area contributed by atoms with Crippen molar-refractivity contribution in [2.75, 3.05) is 39.6 Å². The van der Waals surface area contributed by atoms with E-state index in [9.17, 15) is 50.4 Å². The molecule has 0 aliphatic carbocycles. The monoisotopic (exact) mass is 1400 g/mol. The van der Waals surface area contributed by atoms with Crippen LogP contribution in [0.3, 0.4) is 0 Å². The molecule has 0 amide bonds. The summed E-state index contributed by atoms with van der Waals surface area (Å²) in [5, 5.41) is 97.2. The summed E-state index contributed by atoms with van der Waals surface area (Å²) in [6, 6.07) is 39.5. The molecule has 0 spiro atoms. The lowest BCUT2D eigenvalue weighted by Gasteiger charge is -2.44. The maximum Gasteiger partial charge on any atom is 0.303 e. The number of ether oxygens (including phenoxy) is 8. The third-order valence-corrected chi connectivity index (χ3v) is 17.3. The molecule has 0 radical (unpaired) electrons. The summed E-state index contributed by atoms with van der Waals surface area (Å²) in [5.74, 6) is 1.41. The Bertz CT molecular complexity index is 3170. The third-order valence-electron chi connectivity index (χ3n) is 16.2. The average molecular weight is 1400 g/mol. The Morgan fingerprint density at radius 3 is 1.04 bits per heavy atom. The molecule has 0 saturated carbocycles. The van der Waals surface area contributed by atoms with Gasteiger partial charge >= 0.3 is 11.9 Å². The topological polar surface area (TPSA) is 342 Å². The standard InChI is InChI=1S/C27H33ClO6.2C21H25ClO6.C3H8O2.H2O/c1-6-24-16(3)25(32-17(4)29)27(33-18(5)30)26(34-24)20-10-13-23(28)21(15-20)14-19-8-11-22(12-9-19)31-7-2;2*1-2-27-15-6-3-12(4-7-15)9-14-10-13(5-8-16(14)22)21-20(26)19(25)18(24)17(11-23)28-21;1-3(5)2-4;/h8-13,15-16,24-27H,6-7,14H2,1-5H3;2*3-8,10,17-21,23-26H,2,9,11H2,1H3;3-5H,2H2,1H3;1H2/t16-,24-,25+,26?,27-;2*17-,18-,19+,20-,21?;3-;/m1110./s1. The van der Waals surface area contributed by atoms with E-state index in [4.69, 9.17) is 82.9 Å². The molecule has 3 aliphatic heterocycles. The molecule has 0 aromatic heterocycles. The van der Waals surface area contributed by atoms with Crippen LogP contribution in [0.15, 0.2) is 127 Å². The first-order chi connectivity index (χ1) is 45.4. The smallest absolute Gasteiger partial charge is 0.303 e. The van der Waals surface area contributed by atoms with Crippen LogP contribution in [-0.4, -0.2) is 181 Å². The van der Waals surface area contributed by atoms with Crippen molar-refractivity contribution >= 4 is 46.7 Å². The summed E-state index contributed by atoms with van der Waals surface area (Å²) in [6.45, 7) is 14.8. The largest absolute Gasteiger partial charge is 0.494 e. The molecule has 21 nitrogen and oxygen atoms in total.